The van der Waals surface area contributed by atoms with Crippen LogP contribution in [-0.2, 0) is 11.2 Å². The summed E-state index contributed by atoms with van der Waals surface area (Å²) in [6.07, 6.45) is 0.708. The summed E-state index contributed by atoms with van der Waals surface area (Å²) in [7, 11) is 1.23. The molecule has 0 unspecified atom stereocenters. The minimum absolute atomic E-state index is 0.0308. The van der Waals surface area contributed by atoms with E-state index in [9.17, 15) is 9.18 Å². The van der Waals surface area contributed by atoms with Crippen molar-refractivity contribution < 1.29 is 18.7 Å². The topological polar surface area (TPSA) is 35.5 Å². The van der Waals surface area contributed by atoms with Crippen LogP contribution in [0, 0.1) is 5.82 Å². The molecule has 14 heavy (non-hydrogen) atoms. The summed E-state index contributed by atoms with van der Waals surface area (Å²) in [4.78, 5) is 11.1. The van der Waals surface area contributed by atoms with E-state index in [1.165, 1.54) is 19.2 Å². The van der Waals surface area contributed by atoms with Gasteiger partial charge < -0.3 is 9.47 Å². The van der Waals surface area contributed by atoms with Crippen molar-refractivity contribution in [2.75, 3.05) is 13.7 Å². The lowest BCUT2D eigenvalue weighted by Gasteiger charge is -2.03. The summed E-state index contributed by atoms with van der Waals surface area (Å²) in [5.41, 5.74) is 0.823. The highest BCUT2D eigenvalue weighted by Gasteiger charge is 2.19. The van der Waals surface area contributed by atoms with E-state index in [4.69, 9.17) is 4.74 Å². The second-order valence-electron chi connectivity index (χ2n) is 3.03. The van der Waals surface area contributed by atoms with Crippen LogP contribution >= 0.6 is 0 Å². The molecule has 1 aliphatic heterocycles. The third-order valence-corrected chi connectivity index (χ3v) is 2.18. The first-order valence-electron chi connectivity index (χ1n) is 4.26. The summed E-state index contributed by atoms with van der Waals surface area (Å²) >= 11 is 0. The SMILES string of the molecule is COC(=O)c1cc2c(cc1F)OCC2. The molecule has 0 atom stereocenters. The summed E-state index contributed by atoms with van der Waals surface area (Å²) in [5.74, 6) is -0.732. The van der Waals surface area contributed by atoms with Gasteiger partial charge >= 0.3 is 5.97 Å². The highest BCUT2D eigenvalue weighted by molar-refractivity contribution is 5.90. The Bertz CT molecular complexity index is 387. The zero-order valence-electron chi connectivity index (χ0n) is 7.67. The quantitative estimate of drug-likeness (QED) is 0.639. The Balaban J connectivity index is 2.47. The number of carbonyl (C=O) groups is 1. The molecule has 1 aliphatic rings. The van der Waals surface area contributed by atoms with E-state index in [1.807, 2.05) is 0 Å². The number of fused-ring (bicyclic) bond motifs is 1. The van der Waals surface area contributed by atoms with E-state index < -0.39 is 11.8 Å². The van der Waals surface area contributed by atoms with Gasteiger partial charge in [0, 0.05) is 12.5 Å². The number of carbonyl (C=O) groups excluding carboxylic acids is 1. The molecule has 0 aliphatic carbocycles. The molecule has 0 amide bonds. The first-order valence-corrected chi connectivity index (χ1v) is 4.26. The molecular weight excluding hydrogens is 187 g/mol. The minimum atomic E-state index is -0.655. The van der Waals surface area contributed by atoms with Gasteiger partial charge in [0.2, 0.25) is 0 Å². The molecule has 3 nitrogen and oxygen atoms in total. The zero-order valence-corrected chi connectivity index (χ0v) is 7.67. The van der Waals surface area contributed by atoms with Gasteiger partial charge in [0.05, 0.1) is 19.3 Å². The van der Waals surface area contributed by atoms with E-state index in [0.717, 1.165) is 5.56 Å². The Hall–Kier alpha value is -1.58. The van der Waals surface area contributed by atoms with E-state index in [2.05, 4.69) is 4.74 Å². The summed E-state index contributed by atoms with van der Waals surface area (Å²) in [6, 6.07) is 2.72. The Morgan fingerprint density at radius 1 is 1.57 bits per heavy atom. The standard InChI is InChI=1S/C10H9FO3/c1-13-10(12)7-4-6-2-3-14-9(6)5-8(7)11/h4-5H,2-3H2,1H3. The molecule has 0 saturated carbocycles. The van der Waals surface area contributed by atoms with E-state index in [1.54, 1.807) is 0 Å². The normalized spacial score (nSPS) is 13.3. The molecule has 0 spiro atoms. The molecule has 0 N–H and O–H groups in total. The molecule has 0 bridgehead atoms. The summed E-state index contributed by atoms with van der Waals surface area (Å²) in [6.45, 7) is 0.541. The highest BCUT2D eigenvalue weighted by atomic mass is 19.1. The molecule has 0 fully saturated rings. The fraction of sp³-hybridized carbons (Fsp3) is 0.300. The van der Waals surface area contributed by atoms with E-state index in [-0.39, 0.29) is 5.56 Å². The first kappa shape index (κ1) is 8.99. The number of ether oxygens (including phenoxy) is 2. The van der Waals surface area contributed by atoms with Crippen molar-refractivity contribution in [2.24, 2.45) is 0 Å². The van der Waals surface area contributed by atoms with E-state index in [0.29, 0.717) is 18.8 Å². The van der Waals surface area contributed by atoms with Gasteiger partial charge in [-0.1, -0.05) is 0 Å². The van der Waals surface area contributed by atoms with Gasteiger partial charge in [0.25, 0.3) is 0 Å². The van der Waals surface area contributed by atoms with Crippen LogP contribution in [0.4, 0.5) is 4.39 Å². The summed E-state index contributed by atoms with van der Waals surface area (Å²) in [5, 5.41) is 0. The third-order valence-electron chi connectivity index (χ3n) is 2.18. The molecule has 1 aromatic carbocycles. The van der Waals surface area contributed by atoms with Crippen LogP contribution in [0.3, 0.4) is 0 Å². The molecular formula is C10H9FO3. The molecule has 74 valence electrons. The number of hydrogen-bond donors (Lipinski definition) is 0. The average molecular weight is 196 g/mol. The molecule has 1 aromatic rings. The van der Waals surface area contributed by atoms with Crippen molar-refractivity contribution in [2.45, 2.75) is 6.42 Å². The van der Waals surface area contributed by atoms with Gasteiger partial charge in [-0.05, 0) is 11.6 Å². The van der Waals surface area contributed by atoms with Crippen molar-refractivity contribution in [3.05, 3.63) is 29.1 Å². The van der Waals surface area contributed by atoms with Crippen LogP contribution in [0.25, 0.3) is 0 Å². The molecule has 0 saturated heterocycles. The van der Waals surface area contributed by atoms with Crippen LogP contribution in [0.15, 0.2) is 12.1 Å². The molecule has 2 rings (SSSR count). The largest absolute Gasteiger partial charge is 0.493 e. The molecule has 1 heterocycles. The van der Waals surface area contributed by atoms with Gasteiger partial charge in [-0.2, -0.15) is 0 Å². The number of esters is 1. The van der Waals surface area contributed by atoms with Crippen molar-refractivity contribution in [3.8, 4) is 5.75 Å². The predicted octanol–water partition coefficient (Wildman–Crippen LogP) is 1.55. The second-order valence-corrected chi connectivity index (χ2v) is 3.03. The highest BCUT2D eigenvalue weighted by Crippen LogP contribution is 2.28. The van der Waals surface area contributed by atoms with Crippen LogP contribution in [0.5, 0.6) is 5.75 Å². The Morgan fingerprint density at radius 2 is 2.36 bits per heavy atom. The number of hydrogen-bond acceptors (Lipinski definition) is 3. The van der Waals surface area contributed by atoms with E-state index >= 15 is 0 Å². The van der Waals surface area contributed by atoms with Gasteiger partial charge in [-0.3, -0.25) is 0 Å². The maximum atomic E-state index is 13.3. The maximum absolute atomic E-state index is 13.3. The van der Waals surface area contributed by atoms with Gasteiger partial charge in [-0.15, -0.1) is 0 Å². The number of benzene rings is 1. The van der Waals surface area contributed by atoms with Gasteiger partial charge in [-0.25, -0.2) is 9.18 Å². The average Bonchev–Trinajstić information content (AvgIpc) is 2.62. The van der Waals surface area contributed by atoms with Crippen LogP contribution < -0.4 is 4.74 Å². The Kier molecular flexibility index (Phi) is 2.11. The number of halogens is 1. The fourth-order valence-electron chi connectivity index (χ4n) is 1.47. The lowest BCUT2D eigenvalue weighted by atomic mass is 10.1. The third kappa shape index (κ3) is 1.32. The molecule has 0 aromatic heterocycles. The lowest BCUT2D eigenvalue weighted by Crippen LogP contribution is -2.04. The smallest absolute Gasteiger partial charge is 0.340 e. The fourth-order valence-corrected chi connectivity index (χ4v) is 1.47. The number of rotatable bonds is 1. The monoisotopic (exact) mass is 196 g/mol. The maximum Gasteiger partial charge on any atom is 0.340 e. The van der Waals surface area contributed by atoms with Crippen molar-refractivity contribution >= 4 is 5.97 Å². The van der Waals surface area contributed by atoms with Crippen LogP contribution in [-0.4, -0.2) is 19.7 Å². The Labute approximate surface area is 80.4 Å². The van der Waals surface area contributed by atoms with Gasteiger partial charge in [0.1, 0.15) is 11.6 Å². The Morgan fingerprint density at radius 3 is 3.07 bits per heavy atom. The van der Waals surface area contributed by atoms with Crippen molar-refractivity contribution in [1.82, 2.24) is 0 Å². The summed E-state index contributed by atoms with van der Waals surface area (Å²) < 4.78 is 22.9. The zero-order chi connectivity index (χ0) is 10.1. The van der Waals surface area contributed by atoms with Crippen molar-refractivity contribution in [3.63, 3.8) is 0 Å². The second kappa shape index (κ2) is 3.29. The first-order chi connectivity index (χ1) is 6.72. The predicted molar refractivity (Wildman–Crippen MR) is 46.9 cm³/mol. The van der Waals surface area contributed by atoms with Crippen LogP contribution in [0.2, 0.25) is 0 Å². The van der Waals surface area contributed by atoms with Crippen LogP contribution in [0.1, 0.15) is 15.9 Å². The number of methoxy groups -OCH3 is 1. The van der Waals surface area contributed by atoms with Crippen molar-refractivity contribution in [1.29, 1.82) is 0 Å². The lowest BCUT2D eigenvalue weighted by molar-refractivity contribution is 0.0595. The minimum Gasteiger partial charge on any atom is -0.493 e. The van der Waals surface area contributed by atoms with Gasteiger partial charge in [0.15, 0.2) is 0 Å². The molecule has 4 heteroatoms. The molecule has 0 radical (unpaired) electrons.